The summed E-state index contributed by atoms with van der Waals surface area (Å²) in [5, 5.41) is 3.33. The Hall–Kier alpha value is -1.07. The number of halogens is 3. The van der Waals surface area contributed by atoms with Crippen LogP contribution in [0.1, 0.15) is 43.0 Å². The van der Waals surface area contributed by atoms with E-state index in [0.29, 0.717) is 5.56 Å². The SMILES string of the molecule is CCCNC(c1ccc(C(F)(F)F)cc1C)C(C)OC. The van der Waals surface area contributed by atoms with Crippen LogP contribution in [0.3, 0.4) is 0 Å². The first-order valence-corrected chi connectivity index (χ1v) is 6.75. The van der Waals surface area contributed by atoms with Crippen LogP contribution in [0.15, 0.2) is 18.2 Å². The van der Waals surface area contributed by atoms with Crippen LogP contribution in [-0.2, 0) is 10.9 Å². The molecule has 0 spiro atoms. The van der Waals surface area contributed by atoms with Gasteiger partial charge in [-0.1, -0.05) is 13.0 Å². The van der Waals surface area contributed by atoms with Crippen LogP contribution in [0.25, 0.3) is 0 Å². The van der Waals surface area contributed by atoms with Crippen LogP contribution in [0, 0.1) is 6.92 Å². The molecule has 0 aromatic heterocycles. The zero-order valence-corrected chi connectivity index (χ0v) is 12.3. The molecule has 0 aliphatic rings. The summed E-state index contributed by atoms with van der Waals surface area (Å²) in [4.78, 5) is 0. The molecule has 1 rings (SSSR count). The summed E-state index contributed by atoms with van der Waals surface area (Å²) in [6, 6.07) is 3.76. The van der Waals surface area contributed by atoms with Crippen LogP contribution in [0.4, 0.5) is 13.2 Å². The van der Waals surface area contributed by atoms with Crippen LogP contribution in [0.2, 0.25) is 0 Å². The number of methoxy groups -OCH3 is 1. The quantitative estimate of drug-likeness (QED) is 0.851. The Morgan fingerprint density at radius 3 is 2.40 bits per heavy atom. The third-order valence-electron chi connectivity index (χ3n) is 3.39. The predicted octanol–water partition coefficient (Wildman–Crippen LogP) is 4.09. The minimum absolute atomic E-state index is 0.109. The van der Waals surface area contributed by atoms with E-state index in [4.69, 9.17) is 4.74 Å². The fourth-order valence-electron chi connectivity index (χ4n) is 2.17. The van der Waals surface area contributed by atoms with Gasteiger partial charge in [0.15, 0.2) is 0 Å². The van der Waals surface area contributed by atoms with Gasteiger partial charge in [0, 0.05) is 7.11 Å². The maximum absolute atomic E-state index is 12.7. The lowest BCUT2D eigenvalue weighted by atomic mass is 9.95. The number of rotatable bonds is 6. The summed E-state index contributed by atoms with van der Waals surface area (Å²) in [6.07, 6.45) is -3.47. The van der Waals surface area contributed by atoms with E-state index in [2.05, 4.69) is 5.32 Å². The summed E-state index contributed by atoms with van der Waals surface area (Å²) >= 11 is 0. The predicted molar refractivity (Wildman–Crippen MR) is 73.7 cm³/mol. The Morgan fingerprint density at radius 2 is 1.95 bits per heavy atom. The van der Waals surface area contributed by atoms with Crippen molar-refractivity contribution < 1.29 is 17.9 Å². The molecule has 2 nitrogen and oxygen atoms in total. The second kappa shape index (κ2) is 7.09. The number of hydrogen-bond donors (Lipinski definition) is 1. The van der Waals surface area contributed by atoms with Gasteiger partial charge in [-0.2, -0.15) is 13.2 Å². The summed E-state index contributed by atoms with van der Waals surface area (Å²) in [5.74, 6) is 0. The van der Waals surface area contributed by atoms with Crippen LogP contribution in [0.5, 0.6) is 0 Å². The van der Waals surface area contributed by atoms with Gasteiger partial charge in [-0.3, -0.25) is 0 Å². The van der Waals surface area contributed by atoms with Crippen molar-refractivity contribution in [2.24, 2.45) is 0 Å². The average Bonchev–Trinajstić information content (AvgIpc) is 2.39. The standard InChI is InChI=1S/C15H22F3NO/c1-5-8-19-14(11(3)20-4)13-7-6-12(9-10(13)2)15(16,17)18/h6-7,9,11,14,19H,5,8H2,1-4H3. The van der Waals surface area contributed by atoms with Crippen LogP contribution in [-0.4, -0.2) is 19.8 Å². The molecule has 1 N–H and O–H groups in total. The lowest BCUT2D eigenvalue weighted by Crippen LogP contribution is -2.32. The summed E-state index contributed by atoms with van der Waals surface area (Å²) in [7, 11) is 1.60. The molecule has 1 aromatic rings. The lowest BCUT2D eigenvalue weighted by Gasteiger charge is -2.26. The highest BCUT2D eigenvalue weighted by molar-refractivity contribution is 5.35. The van der Waals surface area contributed by atoms with E-state index in [1.54, 1.807) is 20.1 Å². The molecule has 0 saturated carbocycles. The highest BCUT2D eigenvalue weighted by Crippen LogP contribution is 2.32. The third kappa shape index (κ3) is 4.21. The van der Waals surface area contributed by atoms with E-state index >= 15 is 0 Å². The number of aryl methyl sites for hydroxylation is 1. The van der Waals surface area contributed by atoms with Gasteiger partial charge in [-0.15, -0.1) is 0 Å². The number of hydrogen-bond acceptors (Lipinski definition) is 2. The monoisotopic (exact) mass is 289 g/mol. The van der Waals surface area contributed by atoms with Crippen LogP contribution < -0.4 is 5.32 Å². The first-order valence-electron chi connectivity index (χ1n) is 6.75. The van der Waals surface area contributed by atoms with Crippen molar-refractivity contribution in [3.63, 3.8) is 0 Å². The third-order valence-corrected chi connectivity index (χ3v) is 3.39. The first-order chi connectivity index (χ1) is 9.31. The number of alkyl halides is 3. The van der Waals surface area contributed by atoms with E-state index in [-0.39, 0.29) is 12.1 Å². The molecule has 2 unspecified atom stereocenters. The molecule has 0 aliphatic carbocycles. The fourth-order valence-corrected chi connectivity index (χ4v) is 2.17. The van der Waals surface area contributed by atoms with Crippen molar-refractivity contribution in [2.45, 2.75) is 45.5 Å². The van der Waals surface area contributed by atoms with E-state index < -0.39 is 11.7 Å². The van der Waals surface area contributed by atoms with Crippen molar-refractivity contribution in [3.8, 4) is 0 Å². The van der Waals surface area contributed by atoms with Gasteiger partial charge in [0.1, 0.15) is 0 Å². The van der Waals surface area contributed by atoms with Gasteiger partial charge in [-0.25, -0.2) is 0 Å². The zero-order chi connectivity index (χ0) is 15.3. The Morgan fingerprint density at radius 1 is 1.30 bits per heavy atom. The first kappa shape index (κ1) is 17.0. The molecule has 0 radical (unpaired) electrons. The van der Waals surface area contributed by atoms with Crippen molar-refractivity contribution in [2.75, 3.05) is 13.7 Å². The van der Waals surface area contributed by atoms with E-state index in [1.807, 2.05) is 13.8 Å². The van der Waals surface area contributed by atoms with Crippen molar-refractivity contribution in [1.29, 1.82) is 0 Å². The molecule has 2 atom stereocenters. The zero-order valence-electron chi connectivity index (χ0n) is 12.3. The number of ether oxygens (including phenoxy) is 1. The minimum atomic E-state index is -4.30. The van der Waals surface area contributed by atoms with Gasteiger partial charge < -0.3 is 10.1 Å². The molecule has 0 bridgehead atoms. The van der Waals surface area contributed by atoms with Crippen molar-refractivity contribution in [3.05, 3.63) is 34.9 Å². The van der Waals surface area contributed by atoms with Gasteiger partial charge in [0.25, 0.3) is 0 Å². The lowest BCUT2D eigenvalue weighted by molar-refractivity contribution is -0.137. The normalized spacial score (nSPS) is 15.2. The average molecular weight is 289 g/mol. The molecular weight excluding hydrogens is 267 g/mol. The molecule has 114 valence electrons. The van der Waals surface area contributed by atoms with Gasteiger partial charge in [-0.05, 0) is 50.1 Å². The molecule has 0 fully saturated rings. The van der Waals surface area contributed by atoms with Gasteiger partial charge in [0.2, 0.25) is 0 Å². The topological polar surface area (TPSA) is 21.3 Å². The summed E-state index contributed by atoms with van der Waals surface area (Å²) < 4.78 is 43.4. The molecule has 20 heavy (non-hydrogen) atoms. The molecular formula is C15H22F3NO. The highest BCUT2D eigenvalue weighted by atomic mass is 19.4. The van der Waals surface area contributed by atoms with Crippen molar-refractivity contribution >= 4 is 0 Å². The number of benzene rings is 1. The second-order valence-corrected chi connectivity index (χ2v) is 4.94. The molecule has 0 aliphatic heterocycles. The van der Waals surface area contributed by atoms with Crippen LogP contribution >= 0.6 is 0 Å². The number of nitrogens with one attached hydrogen (secondary N) is 1. The van der Waals surface area contributed by atoms with E-state index in [0.717, 1.165) is 24.6 Å². The fraction of sp³-hybridized carbons (Fsp3) is 0.600. The second-order valence-electron chi connectivity index (χ2n) is 4.94. The summed E-state index contributed by atoms with van der Waals surface area (Å²) in [6.45, 7) is 6.44. The highest BCUT2D eigenvalue weighted by Gasteiger charge is 2.31. The molecule has 0 heterocycles. The van der Waals surface area contributed by atoms with Gasteiger partial charge in [0.05, 0.1) is 17.7 Å². The van der Waals surface area contributed by atoms with E-state index in [9.17, 15) is 13.2 Å². The minimum Gasteiger partial charge on any atom is -0.380 e. The van der Waals surface area contributed by atoms with Gasteiger partial charge >= 0.3 is 6.18 Å². The Bertz CT molecular complexity index is 432. The molecule has 1 aromatic carbocycles. The molecule has 0 amide bonds. The molecule has 5 heteroatoms. The Balaban J connectivity index is 3.08. The Kier molecular flexibility index (Phi) is 6.02. The Labute approximate surface area is 118 Å². The smallest absolute Gasteiger partial charge is 0.380 e. The van der Waals surface area contributed by atoms with E-state index in [1.165, 1.54) is 6.07 Å². The maximum atomic E-state index is 12.7. The van der Waals surface area contributed by atoms with Crippen molar-refractivity contribution in [1.82, 2.24) is 5.32 Å². The summed E-state index contributed by atoms with van der Waals surface area (Å²) in [5.41, 5.74) is 0.858. The maximum Gasteiger partial charge on any atom is 0.416 e. The molecule has 0 saturated heterocycles. The largest absolute Gasteiger partial charge is 0.416 e.